The van der Waals surface area contributed by atoms with Gasteiger partial charge >= 0.3 is 12.1 Å². The van der Waals surface area contributed by atoms with Crippen molar-refractivity contribution in [1.29, 1.82) is 0 Å². The van der Waals surface area contributed by atoms with Crippen molar-refractivity contribution >= 4 is 6.09 Å². The number of aliphatic hydroxyl groups excluding tert-OH is 1. The quantitative estimate of drug-likeness (QED) is 0.655. The zero-order valence-electron chi connectivity index (χ0n) is 19.1. The van der Waals surface area contributed by atoms with Crippen molar-refractivity contribution in [3.05, 3.63) is 11.8 Å². The Labute approximate surface area is 178 Å². The van der Waals surface area contributed by atoms with Gasteiger partial charge in [0.2, 0.25) is 5.88 Å². The van der Waals surface area contributed by atoms with Gasteiger partial charge in [-0.25, -0.2) is 9.78 Å². The van der Waals surface area contributed by atoms with Crippen molar-refractivity contribution in [2.24, 2.45) is 0 Å². The number of hydrogen-bond acceptors (Lipinski definition) is 9. The first kappa shape index (κ1) is 25.9. The van der Waals surface area contributed by atoms with E-state index in [1.807, 2.05) is 20.8 Å². The molecule has 172 valence electrons. The third kappa shape index (κ3) is 7.26. The number of carbonyl (C=O) groups excluding carboxylic acids is 1. The molecule has 2 atom stereocenters. The van der Waals surface area contributed by atoms with E-state index < -0.39 is 17.5 Å². The highest BCUT2D eigenvalue weighted by Gasteiger charge is 2.42. The van der Waals surface area contributed by atoms with Crippen LogP contribution in [-0.2, 0) is 9.47 Å². The third-order valence-corrected chi connectivity index (χ3v) is 4.23. The van der Waals surface area contributed by atoms with Crippen LogP contribution in [0.1, 0.15) is 59.1 Å². The highest BCUT2D eigenvalue weighted by atomic mass is 16.6. The van der Waals surface area contributed by atoms with E-state index in [4.69, 9.17) is 24.1 Å². The lowest BCUT2D eigenvalue weighted by atomic mass is 10.1. The zero-order valence-corrected chi connectivity index (χ0v) is 19.1. The van der Waals surface area contributed by atoms with E-state index >= 15 is 0 Å². The van der Waals surface area contributed by atoms with Gasteiger partial charge in [0.1, 0.15) is 5.60 Å². The summed E-state index contributed by atoms with van der Waals surface area (Å²) >= 11 is 0. The Morgan fingerprint density at radius 2 is 1.80 bits per heavy atom. The van der Waals surface area contributed by atoms with E-state index in [9.17, 15) is 9.90 Å². The van der Waals surface area contributed by atoms with Crippen LogP contribution in [0.5, 0.6) is 11.9 Å². The number of ether oxygens (including phenoxy) is 4. The van der Waals surface area contributed by atoms with E-state index in [0.29, 0.717) is 24.3 Å². The molecule has 1 aliphatic heterocycles. The molecular formula is C20H35N3O7. The van der Waals surface area contributed by atoms with Gasteiger partial charge in [0.25, 0.3) is 0 Å². The van der Waals surface area contributed by atoms with E-state index in [-0.39, 0.29) is 24.7 Å². The number of rotatable bonds is 6. The van der Waals surface area contributed by atoms with Crippen LogP contribution in [0.3, 0.4) is 0 Å². The Morgan fingerprint density at radius 1 is 1.17 bits per heavy atom. The first-order valence-corrected chi connectivity index (χ1v) is 9.72. The summed E-state index contributed by atoms with van der Waals surface area (Å²) in [7, 11) is 3.98. The molecule has 2 N–H and O–H groups in total. The van der Waals surface area contributed by atoms with Crippen molar-refractivity contribution < 1.29 is 34.0 Å². The second-order valence-electron chi connectivity index (χ2n) is 8.21. The Hall–Kier alpha value is -2.17. The van der Waals surface area contributed by atoms with E-state index in [1.54, 1.807) is 24.9 Å². The Bertz CT molecular complexity index is 686. The van der Waals surface area contributed by atoms with Crippen LogP contribution in [0.25, 0.3) is 0 Å². The monoisotopic (exact) mass is 429 g/mol. The van der Waals surface area contributed by atoms with E-state index in [1.165, 1.54) is 14.2 Å². The van der Waals surface area contributed by atoms with Gasteiger partial charge in [0.15, 0.2) is 5.79 Å². The second-order valence-corrected chi connectivity index (χ2v) is 8.21. The second kappa shape index (κ2) is 10.7. The van der Waals surface area contributed by atoms with Gasteiger partial charge in [0.05, 0.1) is 38.5 Å². The molecule has 0 unspecified atom stereocenters. The molecule has 1 saturated heterocycles. The number of methoxy groups -OCH3 is 2. The summed E-state index contributed by atoms with van der Waals surface area (Å²) in [5, 5.41) is 16.9. The highest BCUT2D eigenvalue weighted by Crippen LogP contribution is 2.40. The number of aromatic nitrogens is 2. The van der Waals surface area contributed by atoms with Gasteiger partial charge in [-0.3, -0.25) is 4.90 Å². The van der Waals surface area contributed by atoms with Crippen LogP contribution in [-0.4, -0.2) is 76.5 Å². The maximum absolute atomic E-state index is 13.0. The van der Waals surface area contributed by atoms with Crippen LogP contribution in [0.15, 0.2) is 6.20 Å². The fourth-order valence-electron chi connectivity index (χ4n) is 3.09. The van der Waals surface area contributed by atoms with Crippen molar-refractivity contribution in [3.63, 3.8) is 0 Å². The Balaban J connectivity index is 0.00000218. The predicted octanol–water partition coefficient (Wildman–Crippen LogP) is 2.29. The molecule has 1 fully saturated rings. The summed E-state index contributed by atoms with van der Waals surface area (Å²) in [6, 6.07) is -0.423. The summed E-state index contributed by atoms with van der Waals surface area (Å²) in [5.74, 6) is -0.951. The van der Waals surface area contributed by atoms with Crippen LogP contribution >= 0.6 is 0 Å². The van der Waals surface area contributed by atoms with Crippen molar-refractivity contribution in [2.75, 3.05) is 27.9 Å². The third-order valence-electron chi connectivity index (χ3n) is 4.23. The molecule has 0 spiro atoms. The van der Waals surface area contributed by atoms with Crippen LogP contribution in [0.2, 0.25) is 0 Å². The largest absolute Gasteiger partial charge is 0.481 e. The van der Waals surface area contributed by atoms with Gasteiger partial charge in [-0.05, 0) is 47.5 Å². The smallest absolute Gasteiger partial charge is 0.411 e. The number of aliphatic hydroxyl groups is 2. The number of carbonyl (C=O) groups is 1. The molecule has 0 aliphatic carbocycles. The molecule has 0 bridgehead atoms. The van der Waals surface area contributed by atoms with Gasteiger partial charge in [-0.15, -0.1) is 0 Å². The van der Waals surface area contributed by atoms with E-state index in [0.717, 1.165) is 7.11 Å². The first-order valence-electron chi connectivity index (χ1n) is 9.72. The van der Waals surface area contributed by atoms with Crippen LogP contribution in [0, 0.1) is 0 Å². The zero-order chi connectivity index (χ0) is 23.1. The standard InChI is InChI=1S/C19H31N3O6.CH4O/c1-18(2,3)28-17(23)22-12(11-27-19(4,5)24)8-9-14(22)13-10-20-16(26-7)21-15(13)25-6;1-2/h10,12,14,24H,8-9,11H2,1-7H3;2H,1H3/t12-,14+;/m0./s1. The Morgan fingerprint density at radius 3 is 2.30 bits per heavy atom. The first-order chi connectivity index (χ1) is 13.9. The number of likely N-dealkylation sites (tertiary alicyclic amines) is 1. The summed E-state index contributed by atoms with van der Waals surface area (Å²) < 4.78 is 21.6. The van der Waals surface area contributed by atoms with Gasteiger partial charge in [-0.1, -0.05) is 0 Å². The van der Waals surface area contributed by atoms with E-state index in [2.05, 4.69) is 9.97 Å². The topological polar surface area (TPSA) is 123 Å². The lowest BCUT2D eigenvalue weighted by molar-refractivity contribution is -0.183. The molecule has 0 aromatic carbocycles. The molecule has 0 saturated carbocycles. The minimum atomic E-state index is -1.29. The number of hydrogen-bond donors (Lipinski definition) is 2. The number of nitrogens with zero attached hydrogens (tertiary/aromatic N) is 3. The minimum Gasteiger partial charge on any atom is -0.481 e. The maximum Gasteiger partial charge on any atom is 0.411 e. The molecule has 2 heterocycles. The molecule has 10 nitrogen and oxygen atoms in total. The molecule has 10 heteroatoms. The van der Waals surface area contributed by atoms with Crippen LogP contribution < -0.4 is 9.47 Å². The molecule has 2 rings (SSSR count). The SMILES string of the molecule is CO.COc1ncc([C@H]2CC[C@@H](COC(C)(C)O)N2C(=O)OC(C)(C)C)c(OC)n1. The van der Waals surface area contributed by atoms with Crippen molar-refractivity contribution in [2.45, 2.75) is 70.9 Å². The molecule has 1 aliphatic rings. The lowest BCUT2D eigenvalue weighted by Gasteiger charge is -2.33. The minimum absolute atomic E-state index is 0.179. The molecule has 0 radical (unpaired) electrons. The van der Waals surface area contributed by atoms with Gasteiger partial charge in [0, 0.05) is 13.3 Å². The average Bonchev–Trinajstić information content (AvgIpc) is 3.09. The van der Waals surface area contributed by atoms with Crippen LogP contribution in [0.4, 0.5) is 4.79 Å². The fraction of sp³-hybridized carbons (Fsp3) is 0.750. The van der Waals surface area contributed by atoms with Gasteiger partial charge < -0.3 is 29.2 Å². The number of amides is 1. The summed E-state index contributed by atoms with van der Waals surface area (Å²) in [6.07, 6.45) is 2.48. The molecule has 1 amide bonds. The van der Waals surface area contributed by atoms with Crippen molar-refractivity contribution in [3.8, 4) is 11.9 Å². The fourth-order valence-corrected chi connectivity index (χ4v) is 3.09. The summed E-state index contributed by atoms with van der Waals surface area (Å²) in [6.45, 7) is 8.73. The summed E-state index contributed by atoms with van der Waals surface area (Å²) in [5.41, 5.74) is 0.0201. The normalized spacial score (nSPS) is 19.1. The average molecular weight is 430 g/mol. The summed E-state index contributed by atoms with van der Waals surface area (Å²) in [4.78, 5) is 23.0. The lowest BCUT2D eigenvalue weighted by Crippen LogP contribution is -2.44. The maximum atomic E-state index is 13.0. The van der Waals surface area contributed by atoms with Crippen molar-refractivity contribution in [1.82, 2.24) is 14.9 Å². The molecular weight excluding hydrogens is 394 g/mol. The molecule has 1 aromatic heterocycles. The van der Waals surface area contributed by atoms with Gasteiger partial charge in [-0.2, -0.15) is 4.98 Å². The molecule has 30 heavy (non-hydrogen) atoms. The predicted molar refractivity (Wildman–Crippen MR) is 109 cm³/mol. The highest BCUT2D eigenvalue weighted by molar-refractivity contribution is 5.70. The Kier molecular flexibility index (Phi) is 9.26. The molecule has 1 aromatic rings.